The van der Waals surface area contributed by atoms with Crippen LogP contribution in [-0.2, 0) is 0 Å². The number of nitrogens with zero attached hydrogens (tertiary/aromatic N) is 1. The number of anilines is 1. The summed E-state index contributed by atoms with van der Waals surface area (Å²) in [6, 6.07) is 3.96. The van der Waals surface area contributed by atoms with Crippen molar-refractivity contribution in [2.24, 2.45) is 0 Å². The van der Waals surface area contributed by atoms with Crippen molar-refractivity contribution < 1.29 is 9.18 Å². The standard InChI is InChI=1S/C10H7ClFN3O/c11-8-3-7(1-2-9(8)12)15-10(16)6-4-13-14-5-6/h1-5H,(H,13,14)(H,15,16). The molecule has 0 bridgehead atoms. The van der Waals surface area contributed by atoms with E-state index in [1.54, 1.807) is 0 Å². The van der Waals surface area contributed by atoms with Crippen LogP contribution in [0.1, 0.15) is 10.4 Å². The van der Waals surface area contributed by atoms with Gasteiger partial charge < -0.3 is 5.32 Å². The molecule has 0 saturated carbocycles. The Labute approximate surface area is 95.4 Å². The van der Waals surface area contributed by atoms with Crippen molar-refractivity contribution >= 4 is 23.2 Å². The lowest BCUT2D eigenvalue weighted by Crippen LogP contribution is -2.10. The molecule has 0 aliphatic carbocycles. The minimum absolute atomic E-state index is 0.0370. The first-order valence-electron chi connectivity index (χ1n) is 4.42. The minimum Gasteiger partial charge on any atom is -0.322 e. The van der Waals surface area contributed by atoms with Gasteiger partial charge in [0, 0.05) is 11.9 Å². The van der Waals surface area contributed by atoms with E-state index < -0.39 is 5.82 Å². The SMILES string of the molecule is O=C(Nc1ccc(F)c(Cl)c1)c1cn[nH]c1. The van der Waals surface area contributed by atoms with E-state index in [0.717, 1.165) is 0 Å². The first-order valence-corrected chi connectivity index (χ1v) is 4.80. The molecule has 1 aromatic heterocycles. The number of halogens is 2. The van der Waals surface area contributed by atoms with E-state index in [4.69, 9.17) is 11.6 Å². The summed E-state index contributed by atoms with van der Waals surface area (Å²) >= 11 is 5.58. The van der Waals surface area contributed by atoms with Gasteiger partial charge in [-0.3, -0.25) is 9.89 Å². The minimum atomic E-state index is -0.525. The molecule has 0 aliphatic rings. The topological polar surface area (TPSA) is 57.8 Å². The van der Waals surface area contributed by atoms with Crippen molar-refractivity contribution in [3.63, 3.8) is 0 Å². The van der Waals surface area contributed by atoms with E-state index in [9.17, 15) is 9.18 Å². The number of H-pyrrole nitrogens is 1. The number of rotatable bonds is 2. The van der Waals surface area contributed by atoms with Crippen molar-refractivity contribution in [3.8, 4) is 0 Å². The van der Waals surface area contributed by atoms with Gasteiger partial charge in [0.25, 0.3) is 5.91 Å². The Morgan fingerprint density at radius 2 is 2.31 bits per heavy atom. The lowest BCUT2D eigenvalue weighted by Gasteiger charge is -2.03. The van der Waals surface area contributed by atoms with E-state index in [2.05, 4.69) is 15.5 Å². The Morgan fingerprint density at radius 1 is 1.50 bits per heavy atom. The summed E-state index contributed by atoms with van der Waals surface area (Å²) in [6.45, 7) is 0. The van der Waals surface area contributed by atoms with Crippen molar-refractivity contribution in [2.75, 3.05) is 5.32 Å². The third-order valence-electron chi connectivity index (χ3n) is 1.94. The first kappa shape index (κ1) is 10.6. The van der Waals surface area contributed by atoms with Crippen LogP contribution in [0.4, 0.5) is 10.1 Å². The van der Waals surface area contributed by atoms with Crippen LogP contribution in [0.25, 0.3) is 0 Å². The molecule has 1 amide bonds. The van der Waals surface area contributed by atoms with Gasteiger partial charge >= 0.3 is 0 Å². The zero-order chi connectivity index (χ0) is 11.5. The first-order chi connectivity index (χ1) is 7.66. The summed E-state index contributed by atoms with van der Waals surface area (Å²) in [6.07, 6.45) is 2.85. The summed E-state index contributed by atoms with van der Waals surface area (Å²) in [5.74, 6) is -0.862. The van der Waals surface area contributed by atoms with E-state index in [1.165, 1.54) is 30.6 Å². The highest BCUT2D eigenvalue weighted by Gasteiger charge is 2.08. The fraction of sp³-hybridized carbons (Fsp3) is 0. The maximum atomic E-state index is 12.8. The number of hydrogen-bond acceptors (Lipinski definition) is 2. The average molecular weight is 240 g/mol. The Kier molecular flexibility index (Phi) is 2.87. The lowest BCUT2D eigenvalue weighted by molar-refractivity contribution is 0.102. The zero-order valence-corrected chi connectivity index (χ0v) is 8.75. The van der Waals surface area contributed by atoms with Crippen LogP contribution in [0.5, 0.6) is 0 Å². The van der Waals surface area contributed by atoms with Gasteiger partial charge in [0.05, 0.1) is 16.8 Å². The summed E-state index contributed by atoms with van der Waals surface area (Å²) in [5, 5.41) is 8.69. The molecule has 2 aromatic rings. The number of benzene rings is 1. The van der Waals surface area contributed by atoms with Crippen molar-refractivity contribution in [1.82, 2.24) is 10.2 Å². The van der Waals surface area contributed by atoms with Gasteiger partial charge in [-0.1, -0.05) is 11.6 Å². The molecule has 0 unspecified atom stereocenters. The molecule has 4 nitrogen and oxygen atoms in total. The molecule has 0 radical (unpaired) electrons. The summed E-state index contributed by atoms with van der Waals surface area (Å²) in [5.41, 5.74) is 0.818. The Bertz CT molecular complexity index is 513. The summed E-state index contributed by atoms with van der Waals surface area (Å²) in [4.78, 5) is 11.6. The summed E-state index contributed by atoms with van der Waals surface area (Å²) < 4.78 is 12.8. The van der Waals surface area contributed by atoms with Gasteiger partial charge in [-0.2, -0.15) is 5.10 Å². The van der Waals surface area contributed by atoms with Gasteiger partial charge in [0.15, 0.2) is 0 Å². The molecular formula is C10H7ClFN3O. The van der Waals surface area contributed by atoms with Crippen LogP contribution >= 0.6 is 11.6 Å². The van der Waals surface area contributed by atoms with Crippen LogP contribution in [0.3, 0.4) is 0 Å². The van der Waals surface area contributed by atoms with Crippen molar-refractivity contribution in [2.45, 2.75) is 0 Å². The van der Waals surface area contributed by atoms with Gasteiger partial charge in [0.2, 0.25) is 0 Å². The van der Waals surface area contributed by atoms with Crippen LogP contribution in [0, 0.1) is 5.82 Å². The van der Waals surface area contributed by atoms with Crippen molar-refractivity contribution in [1.29, 1.82) is 0 Å². The molecule has 0 fully saturated rings. The van der Waals surface area contributed by atoms with Gasteiger partial charge in [-0.15, -0.1) is 0 Å². The second-order valence-corrected chi connectivity index (χ2v) is 3.48. The predicted molar refractivity (Wildman–Crippen MR) is 58.0 cm³/mol. The van der Waals surface area contributed by atoms with E-state index in [-0.39, 0.29) is 10.9 Å². The van der Waals surface area contributed by atoms with Crippen LogP contribution in [0.15, 0.2) is 30.6 Å². The predicted octanol–water partition coefficient (Wildman–Crippen LogP) is 2.45. The number of aromatic nitrogens is 2. The quantitative estimate of drug-likeness (QED) is 0.846. The number of carbonyl (C=O) groups is 1. The molecule has 0 spiro atoms. The fourth-order valence-corrected chi connectivity index (χ4v) is 1.33. The third kappa shape index (κ3) is 2.20. The van der Waals surface area contributed by atoms with Gasteiger partial charge in [-0.05, 0) is 18.2 Å². The average Bonchev–Trinajstić information content (AvgIpc) is 2.77. The van der Waals surface area contributed by atoms with Crippen LogP contribution in [0.2, 0.25) is 5.02 Å². The molecule has 2 rings (SSSR count). The molecule has 0 saturated heterocycles. The van der Waals surface area contributed by atoms with Gasteiger partial charge in [0.1, 0.15) is 5.82 Å². The maximum absolute atomic E-state index is 12.8. The largest absolute Gasteiger partial charge is 0.322 e. The molecule has 2 N–H and O–H groups in total. The fourth-order valence-electron chi connectivity index (χ4n) is 1.15. The monoisotopic (exact) mass is 239 g/mol. The highest BCUT2D eigenvalue weighted by Crippen LogP contribution is 2.19. The Morgan fingerprint density at radius 3 is 2.94 bits per heavy atom. The molecule has 1 heterocycles. The molecular weight excluding hydrogens is 233 g/mol. The maximum Gasteiger partial charge on any atom is 0.258 e. The van der Waals surface area contributed by atoms with Gasteiger partial charge in [-0.25, -0.2) is 4.39 Å². The van der Waals surface area contributed by atoms with E-state index in [1.807, 2.05) is 0 Å². The smallest absolute Gasteiger partial charge is 0.258 e. The molecule has 0 atom stereocenters. The lowest BCUT2D eigenvalue weighted by atomic mass is 10.3. The molecule has 82 valence electrons. The summed E-state index contributed by atoms with van der Waals surface area (Å²) in [7, 11) is 0. The van der Waals surface area contributed by atoms with Crippen LogP contribution in [-0.4, -0.2) is 16.1 Å². The highest BCUT2D eigenvalue weighted by atomic mass is 35.5. The van der Waals surface area contributed by atoms with E-state index in [0.29, 0.717) is 11.3 Å². The molecule has 0 aliphatic heterocycles. The molecule has 16 heavy (non-hydrogen) atoms. The number of carbonyl (C=O) groups excluding carboxylic acids is 1. The zero-order valence-electron chi connectivity index (χ0n) is 8.00. The second kappa shape index (κ2) is 4.32. The Balaban J connectivity index is 2.15. The van der Waals surface area contributed by atoms with Crippen LogP contribution < -0.4 is 5.32 Å². The number of amides is 1. The number of aromatic amines is 1. The molecule has 1 aromatic carbocycles. The Hall–Kier alpha value is -1.88. The third-order valence-corrected chi connectivity index (χ3v) is 2.23. The van der Waals surface area contributed by atoms with Crippen molar-refractivity contribution in [3.05, 3.63) is 47.0 Å². The second-order valence-electron chi connectivity index (χ2n) is 3.07. The normalized spacial score (nSPS) is 10.1. The number of nitrogens with one attached hydrogen (secondary N) is 2. The van der Waals surface area contributed by atoms with E-state index >= 15 is 0 Å². The highest BCUT2D eigenvalue weighted by molar-refractivity contribution is 6.31. The number of hydrogen-bond donors (Lipinski definition) is 2. The molecule has 6 heteroatoms.